The van der Waals surface area contributed by atoms with Crippen LogP contribution in [0.15, 0.2) is 41.8 Å². The lowest BCUT2D eigenvalue weighted by molar-refractivity contribution is -0.138. The van der Waals surface area contributed by atoms with Crippen molar-refractivity contribution in [2.75, 3.05) is 18.5 Å². The molecule has 1 fully saturated rings. The molecule has 6 nitrogen and oxygen atoms in total. The predicted molar refractivity (Wildman–Crippen MR) is 115 cm³/mol. The van der Waals surface area contributed by atoms with Gasteiger partial charge in [0.15, 0.2) is 0 Å². The number of nitrogens with zero attached hydrogens (tertiary/aromatic N) is 3. The first-order chi connectivity index (χ1) is 14.9. The van der Waals surface area contributed by atoms with Crippen molar-refractivity contribution < 1.29 is 17.9 Å². The van der Waals surface area contributed by atoms with Gasteiger partial charge in [0.25, 0.3) is 0 Å². The Morgan fingerprint density at radius 2 is 2.06 bits per heavy atom. The van der Waals surface area contributed by atoms with Crippen molar-refractivity contribution >= 4 is 23.2 Å². The quantitative estimate of drug-likeness (QED) is 0.616. The first-order valence-electron chi connectivity index (χ1n) is 10.2. The molecule has 0 amide bonds. The molecule has 31 heavy (non-hydrogen) atoms. The first-order valence-corrected chi connectivity index (χ1v) is 10.2. The minimum absolute atomic E-state index is 0.0533. The van der Waals surface area contributed by atoms with Gasteiger partial charge in [-0.15, -0.1) is 0 Å². The second kappa shape index (κ2) is 10.4. The maximum atomic E-state index is 13.8. The number of hydrogen-bond acceptors (Lipinski definition) is 6. The summed E-state index contributed by atoms with van der Waals surface area (Å²) in [5.41, 5.74) is 6.36. The van der Waals surface area contributed by atoms with E-state index in [2.05, 4.69) is 20.3 Å². The third kappa shape index (κ3) is 6.27. The van der Waals surface area contributed by atoms with E-state index in [-0.39, 0.29) is 17.3 Å². The number of hydrogen-bond donors (Lipinski definition) is 2. The lowest BCUT2D eigenvalue weighted by atomic mass is 10.1. The SMILES string of the molecule is CCCc1cc(N=C/C(=C\N)c2ncc(NC3CCOCC3)cc2C(F)(F)F)ccn1. The molecule has 1 aliphatic heterocycles. The van der Waals surface area contributed by atoms with Gasteiger partial charge < -0.3 is 15.8 Å². The van der Waals surface area contributed by atoms with Crippen LogP contribution in [-0.2, 0) is 17.3 Å². The number of nitrogens with two attached hydrogens (primary N) is 1. The number of allylic oxidation sites excluding steroid dienone is 1. The Bertz CT molecular complexity index is 937. The number of aromatic nitrogens is 2. The maximum absolute atomic E-state index is 13.8. The number of halogens is 3. The lowest BCUT2D eigenvalue weighted by Crippen LogP contribution is -2.28. The van der Waals surface area contributed by atoms with E-state index in [1.165, 1.54) is 12.4 Å². The van der Waals surface area contributed by atoms with Gasteiger partial charge in [0.2, 0.25) is 0 Å². The highest BCUT2D eigenvalue weighted by Gasteiger charge is 2.35. The predicted octanol–water partition coefficient (Wildman–Crippen LogP) is 4.74. The number of rotatable bonds is 7. The van der Waals surface area contributed by atoms with E-state index in [9.17, 15) is 13.2 Å². The number of anilines is 1. The molecule has 0 aromatic carbocycles. The van der Waals surface area contributed by atoms with Gasteiger partial charge in [-0.2, -0.15) is 13.2 Å². The van der Waals surface area contributed by atoms with Gasteiger partial charge in [0.05, 0.1) is 28.8 Å². The standard InChI is InChI=1S/C22H26F3N5O/c1-2-3-17-10-18(4-7-27-17)28-13-15(12-26)21-20(22(23,24)25)11-19(14-29-21)30-16-5-8-31-9-6-16/h4,7,10-14,16,30H,2-3,5-6,8-9,26H2,1H3/b15-12+,28-13?. The lowest BCUT2D eigenvalue weighted by Gasteiger charge is -2.24. The van der Waals surface area contributed by atoms with Crippen molar-refractivity contribution in [1.82, 2.24) is 9.97 Å². The van der Waals surface area contributed by atoms with E-state index in [1.54, 1.807) is 18.3 Å². The maximum Gasteiger partial charge on any atom is 0.418 e. The second-order valence-electron chi connectivity index (χ2n) is 7.28. The first kappa shape index (κ1) is 22.7. The summed E-state index contributed by atoms with van der Waals surface area (Å²) >= 11 is 0. The summed E-state index contributed by atoms with van der Waals surface area (Å²) in [5.74, 6) is 0. The average Bonchev–Trinajstić information content (AvgIpc) is 2.75. The Labute approximate surface area is 179 Å². The van der Waals surface area contributed by atoms with Gasteiger partial charge in [-0.25, -0.2) is 0 Å². The number of ether oxygens (including phenoxy) is 1. The summed E-state index contributed by atoms with van der Waals surface area (Å²) in [6, 6.07) is 4.61. The van der Waals surface area contributed by atoms with E-state index in [4.69, 9.17) is 10.5 Å². The van der Waals surface area contributed by atoms with Crippen molar-refractivity contribution in [2.45, 2.75) is 44.8 Å². The zero-order chi connectivity index (χ0) is 22.3. The molecule has 0 spiro atoms. The highest BCUT2D eigenvalue weighted by atomic mass is 19.4. The fourth-order valence-corrected chi connectivity index (χ4v) is 3.33. The Morgan fingerprint density at radius 3 is 2.74 bits per heavy atom. The third-order valence-corrected chi connectivity index (χ3v) is 4.90. The summed E-state index contributed by atoms with van der Waals surface area (Å²) in [6.45, 7) is 3.21. The Balaban J connectivity index is 1.87. The van der Waals surface area contributed by atoms with E-state index in [0.717, 1.165) is 43.6 Å². The molecule has 3 heterocycles. The zero-order valence-electron chi connectivity index (χ0n) is 17.3. The van der Waals surface area contributed by atoms with E-state index >= 15 is 0 Å². The molecule has 0 atom stereocenters. The van der Waals surface area contributed by atoms with Crippen LogP contribution < -0.4 is 11.1 Å². The molecule has 1 aliphatic rings. The third-order valence-electron chi connectivity index (χ3n) is 4.90. The van der Waals surface area contributed by atoms with Crippen LogP contribution in [0.1, 0.15) is 43.1 Å². The molecule has 2 aromatic heterocycles. The summed E-state index contributed by atoms with van der Waals surface area (Å²) in [7, 11) is 0. The molecule has 1 saturated heterocycles. The highest BCUT2D eigenvalue weighted by Crippen LogP contribution is 2.35. The highest BCUT2D eigenvalue weighted by molar-refractivity contribution is 6.10. The summed E-state index contributed by atoms with van der Waals surface area (Å²) < 4.78 is 46.7. The fourth-order valence-electron chi connectivity index (χ4n) is 3.33. The minimum Gasteiger partial charge on any atom is -0.404 e. The van der Waals surface area contributed by atoms with E-state index in [0.29, 0.717) is 24.6 Å². The molecule has 0 unspecified atom stereocenters. The van der Waals surface area contributed by atoms with Gasteiger partial charge in [-0.3, -0.25) is 15.0 Å². The molecule has 9 heteroatoms. The number of aliphatic imine (C=N–C) groups is 1. The van der Waals surface area contributed by atoms with Crippen LogP contribution in [0.5, 0.6) is 0 Å². The Hall–Kier alpha value is -2.94. The fraction of sp³-hybridized carbons (Fsp3) is 0.409. The second-order valence-corrected chi connectivity index (χ2v) is 7.28. The summed E-state index contributed by atoms with van der Waals surface area (Å²) in [4.78, 5) is 12.6. The van der Waals surface area contributed by atoms with Crippen LogP contribution in [0.2, 0.25) is 0 Å². The van der Waals surface area contributed by atoms with Gasteiger partial charge in [-0.1, -0.05) is 13.3 Å². The normalized spacial score (nSPS) is 16.1. The Kier molecular flexibility index (Phi) is 7.62. The van der Waals surface area contributed by atoms with Crippen LogP contribution in [0.4, 0.5) is 24.5 Å². The number of aryl methyl sites for hydroxylation is 1. The number of alkyl halides is 3. The van der Waals surface area contributed by atoms with Gasteiger partial charge in [0.1, 0.15) is 0 Å². The van der Waals surface area contributed by atoms with E-state index in [1.807, 2.05) is 6.92 Å². The van der Waals surface area contributed by atoms with Crippen molar-refractivity contribution in [3.05, 3.63) is 53.7 Å². The van der Waals surface area contributed by atoms with Gasteiger partial charge in [-0.05, 0) is 37.5 Å². The summed E-state index contributed by atoms with van der Waals surface area (Å²) in [6.07, 6.45) is 4.00. The number of pyridine rings is 2. The minimum atomic E-state index is -4.59. The molecular formula is C22H26F3N5O. The van der Waals surface area contributed by atoms with E-state index < -0.39 is 11.7 Å². The van der Waals surface area contributed by atoms with Gasteiger partial charge in [0, 0.05) is 49.1 Å². The van der Waals surface area contributed by atoms with Crippen LogP contribution in [0.3, 0.4) is 0 Å². The van der Waals surface area contributed by atoms with Crippen LogP contribution in [0, 0.1) is 0 Å². The molecule has 3 rings (SSSR count). The van der Waals surface area contributed by atoms with Gasteiger partial charge >= 0.3 is 6.18 Å². The molecular weight excluding hydrogens is 407 g/mol. The molecule has 166 valence electrons. The smallest absolute Gasteiger partial charge is 0.404 e. The summed E-state index contributed by atoms with van der Waals surface area (Å²) in [5, 5.41) is 3.12. The zero-order valence-corrected chi connectivity index (χ0v) is 17.3. The van der Waals surface area contributed by atoms with Crippen LogP contribution in [0.25, 0.3) is 5.57 Å². The molecule has 3 N–H and O–H groups in total. The van der Waals surface area contributed by atoms with Crippen molar-refractivity contribution in [3.63, 3.8) is 0 Å². The van der Waals surface area contributed by atoms with Crippen LogP contribution in [-0.4, -0.2) is 35.4 Å². The largest absolute Gasteiger partial charge is 0.418 e. The molecule has 2 aromatic rings. The molecule has 0 saturated carbocycles. The molecule has 0 aliphatic carbocycles. The van der Waals surface area contributed by atoms with Crippen molar-refractivity contribution in [3.8, 4) is 0 Å². The Morgan fingerprint density at radius 1 is 1.29 bits per heavy atom. The molecule has 0 radical (unpaired) electrons. The monoisotopic (exact) mass is 433 g/mol. The van der Waals surface area contributed by atoms with Crippen LogP contribution >= 0.6 is 0 Å². The van der Waals surface area contributed by atoms with Crippen molar-refractivity contribution in [1.29, 1.82) is 0 Å². The number of nitrogens with one attached hydrogen (secondary N) is 1. The topological polar surface area (TPSA) is 85.4 Å². The molecule has 0 bridgehead atoms. The van der Waals surface area contributed by atoms with Crippen molar-refractivity contribution in [2.24, 2.45) is 10.7 Å². The average molecular weight is 433 g/mol.